The lowest BCUT2D eigenvalue weighted by atomic mass is 10.2. The Hall–Kier alpha value is -1.95. The lowest BCUT2D eigenvalue weighted by Crippen LogP contribution is -2.17. The molecule has 0 saturated heterocycles. The van der Waals surface area contributed by atoms with Gasteiger partial charge in [0.1, 0.15) is 5.82 Å². The molecule has 1 atom stereocenters. The second-order valence-electron chi connectivity index (χ2n) is 5.10. The highest BCUT2D eigenvalue weighted by atomic mass is 16.5. The molecule has 0 aliphatic heterocycles. The molecule has 2 N–H and O–H groups in total. The lowest BCUT2D eigenvalue weighted by Gasteiger charge is -2.13. The highest BCUT2D eigenvalue weighted by molar-refractivity contribution is 5.58. The van der Waals surface area contributed by atoms with Crippen LogP contribution in [-0.2, 0) is 0 Å². The van der Waals surface area contributed by atoms with E-state index in [0.29, 0.717) is 18.1 Å². The smallest absolute Gasteiger partial charge is 0.258 e. The van der Waals surface area contributed by atoms with E-state index in [2.05, 4.69) is 20.4 Å². The molecule has 2 aromatic heterocycles. The fraction of sp³-hybridized carbons (Fsp3) is 0.500. The Morgan fingerprint density at radius 3 is 2.80 bits per heavy atom. The van der Waals surface area contributed by atoms with Gasteiger partial charge in [-0.25, -0.2) is 4.98 Å². The van der Waals surface area contributed by atoms with Crippen LogP contribution in [0.2, 0.25) is 0 Å². The number of aliphatic hydroxyl groups is 1. The van der Waals surface area contributed by atoms with Gasteiger partial charge in [-0.3, -0.25) is 0 Å². The van der Waals surface area contributed by atoms with Crippen LogP contribution < -0.4 is 5.32 Å². The molecule has 6 nitrogen and oxygen atoms in total. The van der Waals surface area contributed by atoms with Crippen LogP contribution in [0.1, 0.15) is 38.9 Å². The minimum Gasteiger partial charge on any atom is -0.396 e. The summed E-state index contributed by atoms with van der Waals surface area (Å²) in [6.45, 7) is 6.18. The van der Waals surface area contributed by atoms with Gasteiger partial charge in [0.25, 0.3) is 5.89 Å². The first-order chi connectivity index (χ1) is 9.60. The van der Waals surface area contributed by atoms with E-state index in [-0.39, 0.29) is 18.6 Å². The Labute approximate surface area is 118 Å². The molecule has 0 bridgehead atoms. The fourth-order valence-corrected chi connectivity index (χ4v) is 1.75. The third-order valence-electron chi connectivity index (χ3n) is 2.92. The molecule has 0 aliphatic rings. The van der Waals surface area contributed by atoms with Crippen LogP contribution in [0.15, 0.2) is 22.9 Å². The summed E-state index contributed by atoms with van der Waals surface area (Å²) >= 11 is 0. The second-order valence-corrected chi connectivity index (χ2v) is 5.10. The van der Waals surface area contributed by atoms with E-state index < -0.39 is 0 Å². The predicted octanol–water partition coefficient (Wildman–Crippen LogP) is 2.44. The van der Waals surface area contributed by atoms with Gasteiger partial charge < -0.3 is 14.9 Å². The summed E-state index contributed by atoms with van der Waals surface area (Å²) in [6.07, 6.45) is 2.37. The maximum Gasteiger partial charge on any atom is 0.258 e. The van der Waals surface area contributed by atoms with E-state index in [9.17, 15) is 0 Å². The largest absolute Gasteiger partial charge is 0.396 e. The van der Waals surface area contributed by atoms with E-state index in [1.807, 2.05) is 32.9 Å². The van der Waals surface area contributed by atoms with Crippen molar-refractivity contribution in [2.45, 2.75) is 39.2 Å². The molecule has 0 aliphatic carbocycles. The van der Waals surface area contributed by atoms with Crippen LogP contribution in [0.4, 0.5) is 5.82 Å². The molecule has 0 fully saturated rings. The van der Waals surface area contributed by atoms with E-state index in [4.69, 9.17) is 9.63 Å². The molecule has 2 rings (SSSR count). The lowest BCUT2D eigenvalue weighted by molar-refractivity contribution is 0.282. The van der Waals surface area contributed by atoms with Crippen molar-refractivity contribution in [3.05, 3.63) is 24.2 Å². The maximum absolute atomic E-state index is 8.91. The SMILES string of the molecule is CC(CCO)Nc1cc(-c2nc(C(C)C)no2)ccn1. The first-order valence-electron chi connectivity index (χ1n) is 6.77. The van der Waals surface area contributed by atoms with Crippen molar-refractivity contribution in [2.75, 3.05) is 11.9 Å². The molecule has 6 heteroatoms. The fourth-order valence-electron chi connectivity index (χ4n) is 1.75. The van der Waals surface area contributed by atoms with Crippen molar-refractivity contribution in [3.8, 4) is 11.5 Å². The summed E-state index contributed by atoms with van der Waals surface area (Å²) in [5.41, 5.74) is 0.832. The highest BCUT2D eigenvalue weighted by Gasteiger charge is 2.12. The number of nitrogens with zero attached hydrogens (tertiary/aromatic N) is 3. The predicted molar refractivity (Wildman–Crippen MR) is 76.4 cm³/mol. The van der Waals surface area contributed by atoms with Crippen molar-refractivity contribution >= 4 is 5.82 Å². The minimum absolute atomic E-state index is 0.148. The quantitative estimate of drug-likeness (QED) is 0.843. The summed E-state index contributed by atoms with van der Waals surface area (Å²) in [7, 11) is 0. The molecule has 2 aromatic rings. The Kier molecular flexibility index (Phi) is 4.68. The van der Waals surface area contributed by atoms with Crippen LogP contribution in [0.3, 0.4) is 0 Å². The third-order valence-corrected chi connectivity index (χ3v) is 2.92. The molecule has 0 amide bonds. The van der Waals surface area contributed by atoms with Crippen molar-refractivity contribution in [1.82, 2.24) is 15.1 Å². The third kappa shape index (κ3) is 3.54. The summed E-state index contributed by atoms with van der Waals surface area (Å²) < 4.78 is 5.26. The molecular weight excluding hydrogens is 256 g/mol. The van der Waals surface area contributed by atoms with E-state index in [1.54, 1.807) is 6.20 Å². The van der Waals surface area contributed by atoms with Crippen molar-refractivity contribution in [2.24, 2.45) is 0 Å². The summed E-state index contributed by atoms with van der Waals surface area (Å²) in [4.78, 5) is 8.61. The molecular formula is C14H20N4O2. The zero-order valence-electron chi connectivity index (χ0n) is 12.0. The van der Waals surface area contributed by atoms with Gasteiger partial charge in [-0.1, -0.05) is 19.0 Å². The van der Waals surface area contributed by atoms with Crippen LogP contribution in [0, 0.1) is 0 Å². The van der Waals surface area contributed by atoms with Gasteiger partial charge in [0.15, 0.2) is 5.82 Å². The van der Waals surface area contributed by atoms with Gasteiger partial charge in [0, 0.05) is 30.3 Å². The first kappa shape index (κ1) is 14.5. The zero-order chi connectivity index (χ0) is 14.5. The van der Waals surface area contributed by atoms with Gasteiger partial charge in [0.2, 0.25) is 0 Å². The van der Waals surface area contributed by atoms with Crippen molar-refractivity contribution < 1.29 is 9.63 Å². The number of aliphatic hydroxyl groups excluding tert-OH is 1. The molecule has 108 valence electrons. The highest BCUT2D eigenvalue weighted by Crippen LogP contribution is 2.21. The molecule has 0 radical (unpaired) electrons. The van der Waals surface area contributed by atoms with Crippen molar-refractivity contribution in [1.29, 1.82) is 0 Å². The van der Waals surface area contributed by atoms with Gasteiger partial charge in [0.05, 0.1) is 0 Å². The summed E-state index contributed by atoms with van der Waals surface area (Å²) in [5, 5.41) is 16.1. The number of aromatic nitrogens is 3. The number of pyridine rings is 1. The molecule has 0 saturated carbocycles. The zero-order valence-corrected chi connectivity index (χ0v) is 12.0. The van der Waals surface area contributed by atoms with Crippen LogP contribution >= 0.6 is 0 Å². The molecule has 1 unspecified atom stereocenters. The van der Waals surface area contributed by atoms with Gasteiger partial charge in [-0.2, -0.15) is 4.98 Å². The number of anilines is 1. The van der Waals surface area contributed by atoms with Crippen molar-refractivity contribution in [3.63, 3.8) is 0 Å². The Bertz CT molecular complexity index is 554. The Balaban J connectivity index is 2.16. The standard InChI is InChI=1S/C14H20N4O2/c1-9(2)13-17-14(20-18-13)11-4-6-15-12(8-11)16-10(3)5-7-19/h4,6,8-10,19H,5,7H2,1-3H3,(H,15,16). The topological polar surface area (TPSA) is 84.1 Å². The number of rotatable bonds is 6. The van der Waals surface area contributed by atoms with E-state index in [1.165, 1.54) is 0 Å². The number of nitrogens with one attached hydrogen (secondary N) is 1. The molecule has 20 heavy (non-hydrogen) atoms. The average Bonchev–Trinajstić information content (AvgIpc) is 2.89. The average molecular weight is 276 g/mol. The second kappa shape index (κ2) is 6.47. The molecule has 2 heterocycles. The van der Waals surface area contributed by atoms with Crippen LogP contribution in [0.25, 0.3) is 11.5 Å². The first-order valence-corrected chi connectivity index (χ1v) is 6.77. The van der Waals surface area contributed by atoms with Gasteiger partial charge in [-0.05, 0) is 25.5 Å². The molecule has 0 spiro atoms. The summed E-state index contributed by atoms with van der Waals surface area (Å²) in [5.74, 6) is 2.15. The normalized spacial score (nSPS) is 12.7. The van der Waals surface area contributed by atoms with Gasteiger partial charge in [-0.15, -0.1) is 0 Å². The number of hydrogen-bond donors (Lipinski definition) is 2. The minimum atomic E-state index is 0.148. The maximum atomic E-state index is 8.91. The van der Waals surface area contributed by atoms with E-state index in [0.717, 1.165) is 11.4 Å². The van der Waals surface area contributed by atoms with Crippen LogP contribution in [-0.4, -0.2) is 32.9 Å². The van der Waals surface area contributed by atoms with Crippen LogP contribution in [0.5, 0.6) is 0 Å². The Morgan fingerprint density at radius 1 is 1.35 bits per heavy atom. The summed E-state index contributed by atoms with van der Waals surface area (Å²) in [6, 6.07) is 3.85. The van der Waals surface area contributed by atoms with E-state index >= 15 is 0 Å². The number of hydrogen-bond acceptors (Lipinski definition) is 6. The Morgan fingerprint density at radius 2 is 2.15 bits per heavy atom. The molecule has 0 aromatic carbocycles. The van der Waals surface area contributed by atoms with Gasteiger partial charge >= 0.3 is 0 Å². The monoisotopic (exact) mass is 276 g/mol.